The van der Waals surface area contributed by atoms with Gasteiger partial charge in [0.15, 0.2) is 11.5 Å². The second-order valence-electron chi connectivity index (χ2n) is 10.5. The number of phenolic OH excluding ortho intramolecular Hbond substituents is 1. The van der Waals surface area contributed by atoms with Crippen molar-refractivity contribution in [3.63, 3.8) is 0 Å². The minimum absolute atomic E-state index is 0.0520. The molecule has 1 saturated carbocycles. The van der Waals surface area contributed by atoms with Crippen LogP contribution in [0.1, 0.15) is 50.7 Å². The smallest absolute Gasteiger partial charge is 0.165 e. The first-order valence-electron chi connectivity index (χ1n) is 11.3. The van der Waals surface area contributed by atoms with Crippen LogP contribution in [0.2, 0.25) is 0 Å². The first kappa shape index (κ1) is 19.7. The zero-order chi connectivity index (χ0) is 20.4. The fraction of sp³-hybridized carbons (Fsp3) is 0.750. The Hall–Kier alpha value is -1.30. The van der Waals surface area contributed by atoms with Crippen LogP contribution in [0.3, 0.4) is 0 Å². The number of aromatic hydroxyl groups is 1. The molecule has 1 saturated heterocycles. The molecule has 1 aromatic carbocycles. The number of likely N-dealkylation sites (tertiary alicyclic amines) is 1. The molecule has 1 aromatic rings. The second-order valence-corrected chi connectivity index (χ2v) is 10.5. The van der Waals surface area contributed by atoms with Gasteiger partial charge in [-0.05, 0) is 76.0 Å². The molecule has 5 heteroatoms. The lowest BCUT2D eigenvalue weighted by Gasteiger charge is -2.55. The van der Waals surface area contributed by atoms with E-state index in [0.717, 1.165) is 31.7 Å². The molecule has 160 valence electrons. The highest BCUT2D eigenvalue weighted by Crippen LogP contribution is 2.59. The summed E-state index contributed by atoms with van der Waals surface area (Å²) in [5.41, 5.74) is 1.77. The topological polar surface area (TPSA) is 62.2 Å². The van der Waals surface area contributed by atoms with Crippen molar-refractivity contribution in [1.29, 1.82) is 0 Å². The summed E-state index contributed by atoms with van der Waals surface area (Å²) in [5, 5.41) is 21.3. The summed E-state index contributed by atoms with van der Waals surface area (Å²) in [7, 11) is 1.72. The zero-order valence-corrected chi connectivity index (χ0v) is 18.0. The Labute approximate surface area is 174 Å². The number of piperidine rings is 1. The SMILES string of the molecule is COCC(CC1C2Cc3ccc(O)c4c3C1(CCN2CC1CC1)CO4)C(C)(C)O. The number of hydrogen-bond donors (Lipinski definition) is 2. The van der Waals surface area contributed by atoms with Crippen LogP contribution in [0.15, 0.2) is 12.1 Å². The van der Waals surface area contributed by atoms with E-state index in [2.05, 4.69) is 11.0 Å². The number of rotatable bonds is 7. The van der Waals surface area contributed by atoms with Crippen molar-refractivity contribution < 1.29 is 19.7 Å². The van der Waals surface area contributed by atoms with Gasteiger partial charge in [0, 0.05) is 36.6 Å². The molecule has 2 fully saturated rings. The Kier molecular flexibility index (Phi) is 4.65. The van der Waals surface area contributed by atoms with Crippen LogP contribution >= 0.6 is 0 Å². The van der Waals surface area contributed by atoms with E-state index in [9.17, 15) is 10.2 Å². The molecular formula is C24H35NO4. The summed E-state index contributed by atoms with van der Waals surface area (Å²) in [5.74, 6) is 2.32. The molecule has 2 bridgehead atoms. The third-order valence-corrected chi connectivity index (χ3v) is 8.21. The summed E-state index contributed by atoms with van der Waals surface area (Å²) in [6.45, 7) is 7.34. The fourth-order valence-corrected chi connectivity index (χ4v) is 6.36. The van der Waals surface area contributed by atoms with Crippen LogP contribution in [0.25, 0.3) is 0 Å². The first-order valence-corrected chi connectivity index (χ1v) is 11.3. The van der Waals surface area contributed by atoms with Crippen LogP contribution in [0.5, 0.6) is 11.5 Å². The molecule has 2 N–H and O–H groups in total. The molecule has 4 atom stereocenters. The van der Waals surface area contributed by atoms with Gasteiger partial charge in [0.2, 0.25) is 0 Å². The Morgan fingerprint density at radius 1 is 1.34 bits per heavy atom. The highest BCUT2D eigenvalue weighted by molar-refractivity contribution is 5.59. The molecule has 29 heavy (non-hydrogen) atoms. The maximum atomic E-state index is 10.9. The van der Waals surface area contributed by atoms with Crippen molar-refractivity contribution in [1.82, 2.24) is 4.90 Å². The third kappa shape index (κ3) is 3.17. The van der Waals surface area contributed by atoms with E-state index in [-0.39, 0.29) is 17.1 Å². The van der Waals surface area contributed by atoms with Crippen LogP contribution in [-0.4, -0.2) is 60.2 Å². The van der Waals surface area contributed by atoms with Gasteiger partial charge in [-0.3, -0.25) is 4.90 Å². The van der Waals surface area contributed by atoms with Gasteiger partial charge in [-0.2, -0.15) is 0 Å². The van der Waals surface area contributed by atoms with Gasteiger partial charge >= 0.3 is 0 Å². The van der Waals surface area contributed by atoms with Crippen LogP contribution in [-0.2, 0) is 16.6 Å². The molecule has 4 aliphatic rings. The van der Waals surface area contributed by atoms with Crippen molar-refractivity contribution in [2.75, 3.05) is 33.4 Å². The van der Waals surface area contributed by atoms with Crippen LogP contribution < -0.4 is 4.74 Å². The standard InChI is InChI=1S/C24H35NO4/c1-23(2,27)17(13-28-3)11-18-19-10-16-6-7-20(26)22-21(16)24(18,14-29-22)8-9-25(19)12-15-4-5-15/h6-7,15,17-19,26-27H,4-5,8-14H2,1-3H3. The Morgan fingerprint density at radius 2 is 2.14 bits per heavy atom. The lowest BCUT2D eigenvalue weighted by molar-refractivity contribution is -0.0632. The number of fused-ring (bicyclic) bond motifs is 1. The number of ether oxygens (including phenoxy) is 2. The molecule has 2 aliphatic heterocycles. The van der Waals surface area contributed by atoms with Gasteiger partial charge in [0.25, 0.3) is 0 Å². The van der Waals surface area contributed by atoms with Crippen molar-refractivity contribution in [3.05, 3.63) is 23.3 Å². The summed E-state index contributed by atoms with van der Waals surface area (Å²) in [6, 6.07) is 4.39. The van der Waals surface area contributed by atoms with Gasteiger partial charge in [-0.1, -0.05) is 6.07 Å². The van der Waals surface area contributed by atoms with Gasteiger partial charge < -0.3 is 19.7 Å². The Morgan fingerprint density at radius 3 is 2.83 bits per heavy atom. The molecule has 1 spiro atoms. The molecule has 5 nitrogen and oxygen atoms in total. The molecule has 0 aromatic heterocycles. The number of benzene rings is 1. The van der Waals surface area contributed by atoms with Gasteiger partial charge in [0.1, 0.15) is 0 Å². The van der Waals surface area contributed by atoms with E-state index in [0.29, 0.717) is 30.9 Å². The van der Waals surface area contributed by atoms with Crippen LogP contribution in [0.4, 0.5) is 0 Å². The van der Waals surface area contributed by atoms with E-state index >= 15 is 0 Å². The Bertz CT molecular complexity index is 784. The monoisotopic (exact) mass is 401 g/mol. The molecule has 0 amide bonds. The first-order chi connectivity index (χ1) is 13.8. The molecule has 0 radical (unpaired) electrons. The predicted octanol–water partition coefficient (Wildman–Crippen LogP) is 3.10. The largest absolute Gasteiger partial charge is 0.504 e. The van der Waals surface area contributed by atoms with E-state index in [1.165, 1.54) is 30.5 Å². The number of hydrogen-bond acceptors (Lipinski definition) is 5. The van der Waals surface area contributed by atoms with Crippen molar-refractivity contribution >= 4 is 0 Å². The predicted molar refractivity (Wildman–Crippen MR) is 111 cm³/mol. The molecule has 2 heterocycles. The van der Waals surface area contributed by atoms with Crippen molar-refractivity contribution in [2.24, 2.45) is 17.8 Å². The number of phenols is 1. The minimum Gasteiger partial charge on any atom is -0.504 e. The second kappa shape index (κ2) is 6.86. The van der Waals surface area contributed by atoms with E-state index in [1.807, 2.05) is 13.8 Å². The minimum atomic E-state index is -0.788. The normalized spacial score (nSPS) is 32.0. The zero-order valence-electron chi connectivity index (χ0n) is 18.0. The maximum absolute atomic E-state index is 10.9. The highest BCUT2D eigenvalue weighted by atomic mass is 16.5. The quantitative estimate of drug-likeness (QED) is 0.735. The molecule has 2 aliphatic carbocycles. The van der Waals surface area contributed by atoms with E-state index in [4.69, 9.17) is 9.47 Å². The van der Waals surface area contributed by atoms with E-state index in [1.54, 1.807) is 13.2 Å². The number of aliphatic hydroxyl groups is 1. The fourth-order valence-electron chi connectivity index (χ4n) is 6.36. The molecular weight excluding hydrogens is 366 g/mol. The lowest BCUT2D eigenvalue weighted by atomic mass is 9.55. The van der Waals surface area contributed by atoms with Crippen molar-refractivity contribution in [2.45, 2.75) is 63.0 Å². The molecule has 5 rings (SSSR count). The van der Waals surface area contributed by atoms with Gasteiger partial charge in [-0.25, -0.2) is 0 Å². The average Bonchev–Trinajstić information content (AvgIpc) is 3.39. The number of nitrogens with zero attached hydrogens (tertiary/aromatic N) is 1. The maximum Gasteiger partial charge on any atom is 0.165 e. The summed E-state index contributed by atoms with van der Waals surface area (Å²) in [6.07, 6.45) is 5.73. The number of methoxy groups -OCH3 is 1. The summed E-state index contributed by atoms with van der Waals surface area (Å²) < 4.78 is 11.7. The van der Waals surface area contributed by atoms with Crippen LogP contribution in [0, 0.1) is 17.8 Å². The summed E-state index contributed by atoms with van der Waals surface area (Å²) >= 11 is 0. The molecule has 4 unspecified atom stereocenters. The van der Waals surface area contributed by atoms with Gasteiger partial charge in [-0.15, -0.1) is 0 Å². The highest BCUT2D eigenvalue weighted by Gasteiger charge is 2.58. The third-order valence-electron chi connectivity index (χ3n) is 8.21. The lowest BCUT2D eigenvalue weighted by Crippen LogP contribution is -2.61. The van der Waals surface area contributed by atoms with Crippen molar-refractivity contribution in [3.8, 4) is 11.5 Å². The Balaban J connectivity index is 1.55. The summed E-state index contributed by atoms with van der Waals surface area (Å²) in [4.78, 5) is 2.73. The van der Waals surface area contributed by atoms with E-state index < -0.39 is 5.60 Å². The van der Waals surface area contributed by atoms with Gasteiger partial charge in [0.05, 0.1) is 18.8 Å². The average molecular weight is 402 g/mol.